The molecule has 180 valence electrons. The molecule has 0 bridgehead atoms. The Morgan fingerprint density at radius 2 is 2.03 bits per heavy atom. The van der Waals surface area contributed by atoms with Gasteiger partial charge in [0.2, 0.25) is 5.91 Å². The van der Waals surface area contributed by atoms with E-state index in [1.165, 1.54) is 22.2 Å². The average Bonchev–Trinajstić information content (AvgIpc) is 3.21. The van der Waals surface area contributed by atoms with Gasteiger partial charge in [0.05, 0.1) is 24.4 Å². The molecule has 1 N–H and O–H groups in total. The van der Waals surface area contributed by atoms with Gasteiger partial charge < -0.3 is 15.0 Å². The molecule has 1 unspecified atom stereocenters. The second kappa shape index (κ2) is 10.1. The van der Waals surface area contributed by atoms with Gasteiger partial charge in [0.1, 0.15) is 4.83 Å². The molecule has 0 saturated carbocycles. The van der Waals surface area contributed by atoms with Crippen molar-refractivity contribution in [2.24, 2.45) is 5.92 Å². The minimum absolute atomic E-state index is 0.0289. The van der Waals surface area contributed by atoms with Gasteiger partial charge in [-0.15, -0.1) is 11.3 Å². The molecule has 2 aromatic heterocycles. The van der Waals surface area contributed by atoms with Crippen molar-refractivity contribution in [2.75, 3.05) is 42.3 Å². The van der Waals surface area contributed by atoms with Gasteiger partial charge in [-0.1, -0.05) is 18.7 Å². The van der Waals surface area contributed by atoms with Crippen molar-refractivity contribution in [3.05, 3.63) is 45.1 Å². The van der Waals surface area contributed by atoms with Crippen LogP contribution in [0.15, 0.2) is 34.2 Å². The first-order valence-electron chi connectivity index (χ1n) is 11.9. The smallest absolute Gasteiger partial charge is 0.263 e. The van der Waals surface area contributed by atoms with Gasteiger partial charge in [-0.3, -0.25) is 14.2 Å². The van der Waals surface area contributed by atoms with E-state index in [0.717, 1.165) is 67.2 Å². The zero-order valence-corrected chi connectivity index (χ0v) is 21.3. The fraction of sp³-hybridized carbons (Fsp3) is 0.480. The molecule has 3 aromatic rings. The highest BCUT2D eigenvalue weighted by Crippen LogP contribution is 2.36. The van der Waals surface area contributed by atoms with Gasteiger partial charge in [-0.25, -0.2) is 4.98 Å². The Morgan fingerprint density at radius 3 is 2.76 bits per heavy atom. The molecule has 0 radical (unpaired) electrons. The van der Waals surface area contributed by atoms with Crippen molar-refractivity contribution in [1.29, 1.82) is 0 Å². The molecule has 7 nitrogen and oxygen atoms in total. The molecule has 1 aromatic carbocycles. The van der Waals surface area contributed by atoms with Crippen LogP contribution in [0, 0.1) is 5.92 Å². The standard InChI is InChI=1S/C25H30N4O3S2/c1-3-29-24(31)22-19-9-4-16(2)14-20(19)34-23(22)27-25(29)33-15-21(30)26-17-5-7-18(8-6-17)28-10-12-32-13-11-28/h5-8,16H,3-4,9-15H2,1-2H3,(H,26,30). The summed E-state index contributed by atoms with van der Waals surface area (Å²) in [6, 6.07) is 7.91. The van der Waals surface area contributed by atoms with E-state index in [9.17, 15) is 9.59 Å². The maximum absolute atomic E-state index is 13.3. The number of rotatable bonds is 6. The first-order valence-corrected chi connectivity index (χ1v) is 13.7. The number of nitrogens with zero attached hydrogens (tertiary/aromatic N) is 3. The quantitative estimate of drug-likeness (QED) is 0.406. The number of ether oxygens (including phenoxy) is 1. The molecule has 1 fully saturated rings. The molecule has 3 heterocycles. The minimum Gasteiger partial charge on any atom is -0.378 e. The number of hydrogen-bond acceptors (Lipinski definition) is 7. The average molecular weight is 499 g/mol. The number of fused-ring (bicyclic) bond motifs is 3. The van der Waals surface area contributed by atoms with Gasteiger partial charge in [-0.05, 0) is 61.9 Å². The van der Waals surface area contributed by atoms with Crippen molar-refractivity contribution in [3.63, 3.8) is 0 Å². The third-order valence-electron chi connectivity index (χ3n) is 6.56. The summed E-state index contributed by atoms with van der Waals surface area (Å²) in [5, 5.41) is 4.37. The summed E-state index contributed by atoms with van der Waals surface area (Å²) in [5.41, 5.74) is 3.13. The van der Waals surface area contributed by atoms with Crippen LogP contribution in [0.25, 0.3) is 10.2 Å². The zero-order valence-electron chi connectivity index (χ0n) is 19.6. The number of morpholine rings is 1. The Bertz CT molecular complexity index is 1250. The first-order chi connectivity index (χ1) is 16.5. The number of carbonyl (C=O) groups excluding carboxylic acids is 1. The van der Waals surface area contributed by atoms with Gasteiger partial charge >= 0.3 is 0 Å². The highest BCUT2D eigenvalue weighted by molar-refractivity contribution is 7.99. The third-order valence-corrected chi connectivity index (χ3v) is 8.68. The number of thiophene rings is 1. The molecule has 1 aliphatic carbocycles. The largest absolute Gasteiger partial charge is 0.378 e. The monoisotopic (exact) mass is 498 g/mol. The minimum atomic E-state index is -0.111. The zero-order chi connectivity index (χ0) is 23.7. The summed E-state index contributed by atoms with van der Waals surface area (Å²) in [6.45, 7) is 8.00. The SMILES string of the molecule is CCn1c(SCC(=O)Nc2ccc(N3CCOCC3)cc2)nc2sc3c(c2c1=O)CCC(C)C3. The number of anilines is 2. The lowest BCUT2D eigenvalue weighted by molar-refractivity contribution is -0.113. The predicted molar refractivity (Wildman–Crippen MR) is 140 cm³/mol. The number of amides is 1. The van der Waals surface area contributed by atoms with Crippen molar-refractivity contribution in [2.45, 2.75) is 44.8 Å². The van der Waals surface area contributed by atoms with Gasteiger partial charge in [0.25, 0.3) is 5.56 Å². The third kappa shape index (κ3) is 4.74. The molecule has 9 heteroatoms. The molecule has 2 aliphatic rings. The van der Waals surface area contributed by atoms with Crippen molar-refractivity contribution < 1.29 is 9.53 Å². The first kappa shape index (κ1) is 23.4. The van der Waals surface area contributed by atoms with E-state index in [0.29, 0.717) is 17.6 Å². The highest BCUT2D eigenvalue weighted by Gasteiger charge is 2.24. The van der Waals surface area contributed by atoms with Gasteiger partial charge in [-0.2, -0.15) is 0 Å². The van der Waals surface area contributed by atoms with Crippen LogP contribution in [0.1, 0.15) is 30.7 Å². The van der Waals surface area contributed by atoms with E-state index in [2.05, 4.69) is 17.1 Å². The lowest BCUT2D eigenvalue weighted by atomic mass is 9.89. The highest BCUT2D eigenvalue weighted by atomic mass is 32.2. The fourth-order valence-corrected chi connectivity index (χ4v) is 6.99. The summed E-state index contributed by atoms with van der Waals surface area (Å²) in [6.07, 6.45) is 3.10. The number of thioether (sulfide) groups is 1. The summed E-state index contributed by atoms with van der Waals surface area (Å²) < 4.78 is 7.12. The maximum atomic E-state index is 13.3. The normalized spacial score (nSPS) is 18.2. The van der Waals surface area contributed by atoms with Crippen molar-refractivity contribution in [1.82, 2.24) is 9.55 Å². The molecule has 34 heavy (non-hydrogen) atoms. The molecule has 0 spiro atoms. The number of aromatic nitrogens is 2. The Balaban J connectivity index is 1.28. The Kier molecular flexibility index (Phi) is 6.94. The molecular weight excluding hydrogens is 468 g/mol. The number of benzene rings is 1. The van der Waals surface area contributed by atoms with Crippen LogP contribution >= 0.6 is 23.1 Å². The summed E-state index contributed by atoms with van der Waals surface area (Å²) >= 11 is 2.98. The van der Waals surface area contributed by atoms with Crippen molar-refractivity contribution >= 4 is 50.6 Å². The number of hydrogen-bond donors (Lipinski definition) is 1. The van der Waals surface area contributed by atoms with Crippen molar-refractivity contribution in [3.8, 4) is 0 Å². The molecule has 1 aliphatic heterocycles. The maximum Gasteiger partial charge on any atom is 0.263 e. The van der Waals surface area contributed by atoms with Crippen LogP contribution < -0.4 is 15.8 Å². The Hall–Kier alpha value is -2.36. The lowest BCUT2D eigenvalue weighted by Crippen LogP contribution is -2.36. The lowest BCUT2D eigenvalue weighted by Gasteiger charge is -2.28. The van der Waals surface area contributed by atoms with E-state index in [-0.39, 0.29) is 17.2 Å². The second-order valence-corrected chi connectivity index (χ2v) is 11.0. The van der Waals surface area contributed by atoms with Crippen LogP contribution in [0.3, 0.4) is 0 Å². The summed E-state index contributed by atoms with van der Waals surface area (Å²) in [7, 11) is 0. The van der Waals surface area contributed by atoms with Crippen LogP contribution in [-0.2, 0) is 28.9 Å². The van der Waals surface area contributed by atoms with Crippen LogP contribution in [0.5, 0.6) is 0 Å². The van der Waals surface area contributed by atoms with Gasteiger partial charge in [0.15, 0.2) is 5.16 Å². The van der Waals surface area contributed by atoms with E-state index >= 15 is 0 Å². The molecule has 1 atom stereocenters. The van der Waals surface area contributed by atoms with E-state index in [4.69, 9.17) is 9.72 Å². The number of carbonyl (C=O) groups is 1. The molecule has 1 saturated heterocycles. The van der Waals surface area contributed by atoms with Gasteiger partial charge in [0, 0.05) is 35.9 Å². The Labute approximate surface area is 207 Å². The molecule has 5 rings (SSSR count). The molecule has 1 amide bonds. The fourth-order valence-electron chi connectivity index (χ4n) is 4.70. The molecular formula is C25H30N4O3S2. The van der Waals surface area contributed by atoms with E-state index in [1.54, 1.807) is 15.9 Å². The number of aryl methyl sites for hydroxylation is 1. The topological polar surface area (TPSA) is 76.5 Å². The summed E-state index contributed by atoms with van der Waals surface area (Å²) in [5.74, 6) is 0.737. The number of nitrogens with one attached hydrogen (secondary N) is 1. The van der Waals surface area contributed by atoms with E-state index in [1.807, 2.05) is 31.2 Å². The predicted octanol–water partition coefficient (Wildman–Crippen LogP) is 4.17. The Morgan fingerprint density at radius 1 is 1.26 bits per heavy atom. The summed E-state index contributed by atoms with van der Waals surface area (Å²) in [4.78, 5) is 35.2. The van der Waals surface area contributed by atoms with Crippen LogP contribution in [-0.4, -0.2) is 47.5 Å². The van der Waals surface area contributed by atoms with E-state index < -0.39 is 0 Å². The van der Waals surface area contributed by atoms with Crippen LogP contribution in [0.4, 0.5) is 11.4 Å². The van der Waals surface area contributed by atoms with Crippen LogP contribution in [0.2, 0.25) is 0 Å². The second-order valence-electron chi connectivity index (χ2n) is 8.96.